The van der Waals surface area contributed by atoms with Gasteiger partial charge in [-0.2, -0.15) is 0 Å². The number of piperidine rings is 1. The lowest BCUT2D eigenvalue weighted by Crippen LogP contribution is -2.39. The molecule has 1 aliphatic rings. The molecule has 100 valence electrons. The molecule has 2 N–H and O–H groups in total. The summed E-state index contributed by atoms with van der Waals surface area (Å²) in [5.74, 6) is 0. The fraction of sp³-hybridized carbons (Fsp3) is 1.00. The summed E-state index contributed by atoms with van der Waals surface area (Å²) in [7, 11) is 2.11. The molecule has 0 radical (unpaired) electrons. The SMILES string of the molecule is CC.CC1(O)CCNCC1.CCN(C)CC. The lowest BCUT2D eigenvalue weighted by molar-refractivity contribution is 0.0291. The molecule has 0 amide bonds. The van der Waals surface area contributed by atoms with Gasteiger partial charge in [0.1, 0.15) is 0 Å². The van der Waals surface area contributed by atoms with Crippen LogP contribution in [-0.2, 0) is 0 Å². The molecular weight excluding hydrogens is 200 g/mol. The van der Waals surface area contributed by atoms with E-state index in [-0.39, 0.29) is 5.60 Å². The first-order valence-electron chi connectivity index (χ1n) is 6.63. The van der Waals surface area contributed by atoms with Crippen LogP contribution < -0.4 is 5.32 Å². The summed E-state index contributed by atoms with van der Waals surface area (Å²) in [5.41, 5.74) is -0.384. The minimum absolute atomic E-state index is 0.384. The van der Waals surface area contributed by atoms with Crippen LogP contribution in [0.5, 0.6) is 0 Å². The van der Waals surface area contributed by atoms with Crippen LogP contribution in [-0.4, -0.2) is 48.8 Å². The summed E-state index contributed by atoms with van der Waals surface area (Å²) in [6.45, 7) is 14.5. The van der Waals surface area contributed by atoms with Gasteiger partial charge in [0.05, 0.1) is 5.60 Å². The first kappa shape index (κ1) is 18.3. The van der Waals surface area contributed by atoms with Gasteiger partial charge in [-0.25, -0.2) is 0 Å². The van der Waals surface area contributed by atoms with Crippen molar-refractivity contribution in [3.05, 3.63) is 0 Å². The topological polar surface area (TPSA) is 35.5 Å². The fourth-order valence-electron chi connectivity index (χ4n) is 1.19. The minimum atomic E-state index is -0.384. The fourth-order valence-corrected chi connectivity index (χ4v) is 1.19. The van der Waals surface area contributed by atoms with Gasteiger partial charge in [0.2, 0.25) is 0 Å². The Labute approximate surface area is 102 Å². The molecule has 0 spiro atoms. The molecule has 0 aromatic rings. The smallest absolute Gasteiger partial charge is 0.0644 e. The standard InChI is InChI=1S/C6H13NO.C5H13N.C2H6/c1-6(8)2-4-7-5-3-6;1-4-6(3)5-2;1-2/h7-8H,2-5H2,1H3;4-5H2,1-3H3;1-2H3. The number of aliphatic hydroxyl groups is 1. The van der Waals surface area contributed by atoms with E-state index in [1.165, 1.54) is 0 Å². The Morgan fingerprint density at radius 1 is 1.12 bits per heavy atom. The summed E-state index contributed by atoms with van der Waals surface area (Å²) in [6.07, 6.45) is 1.79. The maximum atomic E-state index is 9.33. The van der Waals surface area contributed by atoms with E-state index < -0.39 is 0 Å². The predicted octanol–water partition coefficient (Wildman–Crippen LogP) is 2.10. The van der Waals surface area contributed by atoms with E-state index in [9.17, 15) is 5.11 Å². The van der Waals surface area contributed by atoms with E-state index in [0.717, 1.165) is 39.0 Å². The van der Waals surface area contributed by atoms with Crippen LogP contribution in [0.2, 0.25) is 0 Å². The average molecular weight is 232 g/mol. The second-order valence-corrected chi connectivity index (χ2v) is 4.24. The molecule has 0 atom stereocenters. The molecule has 0 aliphatic carbocycles. The molecule has 1 heterocycles. The van der Waals surface area contributed by atoms with Crippen molar-refractivity contribution in [2.24, 2.45) is 0 Å². The summed E-state index contributed by atoms with van der Waals surface area (Å²) < 4.78 is 0. The molecule has 1 rings (SSSR count). The number of hydrogen-bond acceptors (Lipinski definition) is 3. The van der Waals surface area contributed by atoms with E-state index in [0.29, 0.717) is 0 Å². The monoisotopic (exact) mass is 232 g/mol. The minimum Gasteiger partial charge on any atom is -0.390 e. The van der Waals surface area contributed by atoms with Crippen LogP contribution in [0.15, 0.2) is 0 Å². The Bertz CT molecular complexity index is 126. The Morgan fingerprint density at radius 2 is 1.50 bits per heavy atom. The Hall–Kier alpha value is -0.120. The lowest BCUT2D eigenvalue weighted by Gasteiger charge is -2.27. The van der Waals surface area contributed by atoms with Gasteiger partial charge in [0.15, 0.2) is 0 Å². The molecule has 0 aromatic heterocycles. The average Bonchev–Trinajstić information content (AvgIpc) is 2.31. The van der Waals surface area contributed by atoms with Crippen molar-refractivity contribution in [2.75, 3.05) is 33.2 Å². The molecule has 1 aliphatic heterocycles. The maximum absolute atomic E-state index is 9.33. The quantitative estimate of drug-likeness (QED) is 0.765. The van der Waals surface area contributed by atoms with Crippen LogP contribution in [0.3, 0.4) is 0 Å². The van der Waals surface area contributed by atoms with E-state index in [4.69, 9.17) is 0 Å². The molecule has 16 heavy (non-hydrogen) atoms. The summed E-state index contributed by atoms with van der Waals surface area (Å²) in [5, 5.41) is 12.5. The van der Waals surface area contributed by atoms with Crippen molar-refractivity contribution in [3.8, 4) is 0 Å². The van der Waals surface area contributed by atoms with Gasteiger partial charge < -0.3 is 15.3 Å². The zero-order chi connectivity index (χ0) is 13.0. The van der Waals surface area contributed by atoms with Crippen molar-refractivity contribution in [3.63, 3.8) is 0 Å². The molecule has 3 heteroatoms. The van der Waals surface area contributed by atoms with Crippen LogP contribution in [0.4, 0.5) is 0 Å². The maximum Gasteiger partial charge on any atom is 0.0644 e. The number of nitrogens with zero attached hydrogens (tertiary/aromatic N) is 1. The van der Waals surface area contributed by atoms with Gasteiger partial charge in [0.25, 0.3) is 0 Å². The van der Waals surface area contributed by atoms with E-state index in [1.807, 2.05) is 20.8 Å². The predicted molar refractivity (Wildman–Crippen MR) is 72.9 cm³/mol. The summed E-state index contributed by atoms with van der Waals surface area (Å²) >= 11 is 0. The van der Waals surface area contributed by atoms with Crippen LogP contribution in [0.25, 0.3) is 0 Å². The summed E-state index contributed by atoms with van der Waals surface area (Å²) in [6, 6.07) is 0. The second kappa shape index (κ2) is 11.4. The highest BCUT2D eigenvalue weighted by molar-refractivity contribution is 4.78. The van der Waals surface area contributed by atoms with Crippen molar-refractivity contribution in [1.29, 1.82) is 0 Å². The van der Waals surface area contributed by atoms with Gasteiger partial charge in [-0.15, -0.1) is 0 Å². The lowest BCUT2D eigenvalue weighted by atomic mass is 9.95. The third kappa shape index (κ3) is 12.0. The molecule has 0 unspecified atom stereocenters. The van der Waals surface area contributed by atoms with Crippen molar-refractivity contribution in [2.45, 2.75) is 53.1 Å². The highest BCUT2D eigenvalue weighted by Gasteiger charge is 2.21. The number of nitrogens with one attached hydrogen (secondary N) is 1. The van der Waals surface area contributed by atoms with Gasteiger partial charge in [-0.1, -0.05) is 27.7 Å². The highest BCUT2D eigenvalue weighted by atomic mass is 16.3. The normalized spacial score (nSPS) is 18.0. The first-order chi connectivity index (χ1) is 7.52. The van der Waals surface area contributed by atoms with Gasteiger partial charge in [-0.3, -0.25) is 0 Å². The van der Waals surface area contributed by atoms with Crippen molar-refractivity contribution in [1.82, 2.24) is 10.2 Å². The zero-order valence-electron chi connectivity index (χ0n) is 12.1. The van der Waals surface area contributed by atoms with Crippen LogP contribution >= 0.6 is 0 Å². The van der Waals surface area contributed by atoms with Gasteiger partial charge in [-0.05, 0) is 53.0 Å². The molecule has 1 fully saturated rings. The third-order valence-corrected chi connectivity index (χ3v) is 2.76. The van der Waals surface area contributed by atoms with Crippen LogP contribution in [0, 0.1) is 0 Å². The molecular formula is C13H32N2O. The van der Waals surface area contributed by atoms with E-state index >= 15 is 0 Å². The molecule has 0 saturated carbocycles. The van der Waals surface area contributed by atoms with Gasteiger partial charge in [0, 0.05) is 0 Å². The third-order valence-electron chi connectivity index (χ3n) is 2.76. The zero-order valence-corrected chi connectivity index (χ0v) is 12.1. The molecule has 0 aromatic carbocycles. The van der Waals surface area contributed by atoms with E-state index in [1.54, 1.807) is 0 Å². The number of rotatable bonds is 2. The second-order valence-electron chi connectivity index (χ2n) is 4.24. The van der Waals surface area contributed by atoms with Crippen molar-refractivity contribution < 1.29 is 5.11 Å². The molecule has 1 saturated heterocycles. The van der Waals surface area contributed by atoms with Crippen molar-refractivity contribution >= 4 is 0 Å². The summed E-state index contributed by atoms with van der Waals surface area (Å²) in [4.78, 5) is 2.25. The molecule has 0 bridgehead atoms. The van der Waals surface area contributed by atoms with E-state index in [2.05, 4.69) is 31.1 Å². The van der Waals surface area contributed by atoms with Gasteiger partial charge >= 0.3 is 0 Å². The molecule has 3 nitrogen and oxygen atoms in total. The first-order valence-corrected chi connectivity index (χ1v) is 6.63. The Morgan fingerprint density at radius 3 is 1.62 bits per heavy atom. The largest absolute Gasteiger partial charge is 0.390 e. The highest BCUT2D eigenvalue weighted by Crippen LogP contribution is 2.15. The number of hydrogen-bond donors (Lipinski definition) is 2. The Kier molecular flexibility index (Phi) is 13.0. The van der Waals surface area contributed by atoms with Crippen LogP contribution in [0.1, 0.15) is 47.5 Å². The Balaban J connectivity index is 0.